The van der Waals surface area contributed by atoms with Gasteiger partial charge in [0, 0.05) is 16.5 Å². The maximum atomic E-state index is 12.2. The Morgan fingerprint density at radius 2 is 2.09 bits per heavy atom. The molecule has 10 heteroatoms. The highest BCUT2D eigenvalue weighted by atomic mass is 79.9. The summed E-state index contributed by atoms with van der Waals surface area (Å²) in [6.07, 6.45) is 1.26. The number of sulfonamides is 1. The van der Waals surface area contributed by atoms with E-state index in [4.69, 9.17) is 5.73 Å². The van der Waals surface area contributed by atoms with Crippen molar-refractivity contribution in [2.24, 2.45) is 5.92 Å². The maximum absolute atomic E-state index is 12.2. The number of benzene rings is 1. The van der Waals surface area contributed by atoms with E-state index in [0.29, 0.717) is 6.42 Å². The van der Waals surface area contributed by atoms with E-state index >= 15 is 0 Å². The van der Waals surface area contributed by atoms with Crippen molar-refractivity contribution in [3.8, 4) is 0 Å². The second-order valence-corrected chi connectivity index (χ2v) is 7.26. The fourth-order valence-electron chi connectivity index (χ4n) is 1.77. The summed E-state index contributed by atoms with van der Waals surface area (Å²) in [7, 11) is -4.23. The van der Waals surface area contributed by atoms with Gasteiger partial charge in [-0.05, 0) is 28.4 Å². The molecular weight excluding hydrogens is 378 g/mol. The molecule has 0 radical (unpaired) electrons. The Morgan fingerprint density at radius 1 is 1.50 bits per heavy atom. The first-order chi connectivity index (χ1) is 10.1. The van der Waals surface area contributed by atoms with Crippen molar-refractivity contribution in [2.75, 3.05) is 5.73 Å². The van der Waals surface area contributed by atoms with E-state index in [1.54, 1.807) is 6.92 Å². The third-order valence-electron chi connectivity index (χ3n) is 2.97. The van der Waals surface area contributed by atoms with Crippen molar-refractivity contribution >= 4 is 43.2 Å². The predicted octanol–water partition coefficient (Wildman–Crippen LogP) is 2.18. The van der Waals surface area contributed by atoms with Crippen LogP contribution in [0.4, 0.5) is 11.4 Å². The highest BCUT2D eigenvalue weighted by Crippen LogP contribution is 2.32. The van der Waals surface area contributed by atoms with Crippen LogP contribution >= 0.6 is 15.9 Å². The van der Waals surface area contributed by atoms with E-state index in [0.717, 1.165) is 18.6 Å². The van der Waals surface area contributed by atoms with Gasteiger partial charge in [-0.15, -0.1) is 0 Å². The van der Waals surface area contributed by atoms with Crippen LogP contribution in [0.2, 0.25) is 0 Å². The van der Waals surface area contributed by atoms with Crippen molar-refractivity contribution in [1.29, 1.82) is 0 Å². The Hall–Kier alpha value is -1.68. The van der Waals surface area contributed by atoms with Gasteiger partial charge in [-0.1, -0.05) is 20.3 Å². The summed E-state index contributed by atoms with van der Waals surface area (Å²) in [5, 5.41) is 10.9. The van der Waals surface area contributed by atoms with Crippen LogP contribution in [0.25, 0.3) is 0 Å². The number of nitrogen functional groups attached to an aromatic ring is 1. The number of amides is 1. The molecule has 8 nitrogen and oxygen atoms in total. The average molecular weight is 394 g/mol. The van der Waals surface area contributed by atoms with Gasteiger partial charge in [0.05, 0.1) is 4.92 Å². The van der Waals surface area contributed by atoms with Gasteiger partial charge < -0.3 is 5.73 Å². The molecule has 0 aliphatic rings. The molecule has 0 fully saturated rings. The summed E-state index contributed by atoms with van der Waals surface area (Å²) in [6, 6.07) is 1.94. The first-order valence-corrected chi connectivity index (χ1v) is 8.67. The Labute approximate surface area is 136 Å². The third kappa shape index (κ3) is 4.17. The summed E-state index contributed by atoms with van der Waals surface area (Å²) >= 11 is 2.99. The number of carbonyl (C=O) groups excluding carboxylic acids is 1. The van der Waals surface area contributed by atoms with E-state index in [9.17, 15) is 23.3 Å². The monoisotopic (exact) mass is 393 g/mol. The number of nitrogens with one attached hydrogen (secondary N) is 1. The molecule has 22 heavy (non-hydrogen) atoms. The minimum atomic E-state index is -4.23. The molecule has 0 aliphatic carbocycles. The van der Waals surface area contributed by atoms with Gasteiger partial charge in [-0.25, -0.2) is 13.1 Å². The molecular formula is C12H16BrN3O5S. The van der Waals surface area contributed by atoms with Gasteiger partial charge in [-0.2, -0.15) is 0 Å². The summed E-state index contributed by atoms with van der Waals surface area (Å²) in [6.45, 7) is 3.48. The molecule has 1 aromatic carbocycles. The molecule has 0 aromatic heterocycles. The second-order valence-electron chi connectivity index (χ2n) is 4.76. The lowest BCUT2D eigenvalue weighted by Crippen LogP contribution is -2.34. The molecule has 0 saturated carbocycles. The lowest BCUT2D eigenvalue weighted by Gasteiger charge is -2.13. The summed E-state index contributed by atoms with van der Waals surface area (Å²) in [4.78, 5) is 21.5. The summed E-state index contributed by atoms with van der Waals surface area (Å²) in [5.74, 6) is -1.14. The zero-order valence-corrected chi connectivity index (χ0v) is 14.4. The van der Waals surface area contributed by atoms with Gasteiger partial charge >= 0.3 is 0 Å². The highest BCUT2D eigenvalue weighted by molar-refractivity contribution is 9.10. The topological polar surface area (TPSA) is 132 Å². The van der Waals surface area contributed by atoms with E-state index in [1.807, 2.05) is 11.6 Å². The van der Waals surface area contributed by atoms with Gasteiger partial charge in [0.15, 0.2) is 0 Å². The predicted molar refractivity (Wildman–Crippen MR) is 84.6 cm³/mol. The van der Waals surface area contributed by atoms with Crippen molar-refractivity contribution in [3.63, 3.8) is 0 Å². The SMILES string of the molecule is CCC[C@@H](C)C(=O)NS(=O)(=O)c1cc([N+](=O)[O-])c(N)cc1Br. The number of anilines is 1. The molecule has 0 unspecified atom stereocenters. The molecule has 0 spiro atoms. The number of hydrogen-bond acceptors (Lipinski definition) is 6. The lowest BCUT2D eigenvalue weighted by atomic mass is 10.1. The van der Waals surface area contributed by atoms with Crippen LogP contribution in [-0.2, 0) is 14.8 Å². The van der Waals surface area contributed by atoms with Crippen LogP contribution in [0.1, 0.15) is 26.7 Å². The van der Waals surface area contributed by atoms with E-state index in [-0.39, 0.29) is 10.2 Å². The number of carbonyl (C=O) groups is 1. The second kappa shape index (κ2) is 7.05. The first kappa shape index (κ1) is 18.4. The van der Waals surface area contributed by atoms with Crippen molar-refractivity contribution < 1.29 is 18.1 Å². The molecule has 1 amide bonds. The largest absolute Gasteiger partial charge is 0.393 e. The van der Waals surface area contributed by atoms with Crippen LogP contribution in [-0.4, -0.2) is 19.2 Å². The van der Waals surface area contributed by atoms with Crippen LogP contribution in [0.15, 0.2) is 21.5 Å². The minimum absolute atomic E-state index is 0.0408. The number of nitrogens with two attached hydrogens (primary N) is 1. The Morgan fingerprint density at radius 3 is 2.59 bits per heavy atom. The molecule has 1 atom stereocenters. The number of nitro groups is 1. The fourth-order valence-corrected chi connectivity index (χ4v) is 3.93. The molecule has 1 rings (SSSR count). The number of halogens is 1. The fraction of sp³-hybridized carbons (Fsp3) is 0.417. The molecule has 0 bridgehead atoms. The number of nitrogens with zero attached hydrogens (tertiary/aromatic N) is 1. The van der Waals surface area contributed by atoms with Gasteiger partial charge in [-0.3, -0.25) is 14.9 Å². The van der Waals surface area contributed by atoms with Gasteiger partial charge in [0.1, 0.15) is 10.6 Å². The minimum Gasteiger partial charge on any atom is -0.393 e. The van der Waals surface area contributed by atoms with Crippen LogP contribution < -0.4 is 10.5 Å². The zero-order chi connectivity index (χ0) is 17.1. The average Bonchev–Trinajstić information content (AvgIpc) is 2.37. The smallest absolute Gasteiger partial charge is 0.293 e. The Balaban J connectivity index is 3.21. The maximum Gasteiger partial charge on any atom is 0.293 e. The molecule has 3 N–H and O–H groups in total. The van der Waals surface area contributed by atoms with Crippen molar-refractivity contribution in [2.45, 2.75) is 31.6 Å². The quantitative estimate of drug-likeness (QED) is 0.432. The van der Waals surface area contributed by atoms with Gasteiger partial charge in [0.25, 0.3) is 15.7 Å². The van der Waals surface area contributed by atoms with Crippen molar-refractivity contribution in [3.05, 3.63) is 26.7 Å². The molecule has 0 aliphatic heterocycles. The highest BCUT2D eigenvalue weighted by Gasteiger charge is 2.27. The zero-order valence-electron chi connectivity index (χ0n) is 12.0. The normalized spacial score (nSPS) is 12.7. The molecule has 122 valence electrons. The van der Waals surface area contributed by atoms with Crippen LogP contribution in [0.3, 0.4) is 0 Å². The summed E-state index contributed by atoms with van der Waals surface area (Å²) < 4.78 is 26.4. The number of rotatable bonds is 6. The summed E-state index contributed by atoms with van der Waals surface area (Å²) in [5.41, 5.74) is 4.75. The molecule has 0 heterocycles. The van der Waals surface area contributed by atoms with Gasteiger partial charge in [0.2, 0.25) is 5.91 Å². The van der Waals surface area contributed by atoms with E-state index in [1.165, 1.54) is 0 Å². The molecule has 1 aromatic rings. The lowest BCUT2D eigenvalue weighted by molar-refractivity contribution is -0.384. The first-order valence-electron chi connectivity index (χ1n) is 6.40. The number of nitro benzene ring substituents is 1. The number of hydrogen-bond donors (Lipinski definition) is 2. The molecule has 0 saturated heterocycles. The standard InChI is InChI=1S/C12H16BrN3O5S/c1-3-4-7(2)12(17)15-22(20,21)11-6-10(16(18)19)9(14)5-8(11)13/h5-7H,3-4,14H2,1-2H3,(H,15,17)/t7-/m1/s1. The van der Waals surface area contributed by atoms with E-state index in [2.05, 4.69) is 15.9 Å². The Bertz CT molecular complexity index is 705. The third-order valence-corrected chi connectivity index (χ3v) is 5.28. The van der Waals surface area contributed by atoms with Crippen molar-refractivity contribution in [1.82, 2.24) is 4.72 Å². The van der Waals surface area contributed by atoms with Crippen LogP contribution in [0, 0.1) is 16.0 Å². The van der Waals surface area contributed by atoms with Crippen LogP contribution in [0.5, 0.6) is 0 Å². The van der Waals surface area contributed by atoms with E-state index < -0.39 is 37.4 Å². The Kier molecular flexibility index (Phi) is 5.89.